The minimum atomic E-state index is -0.340. The molecule has 1 aromatic carbocycles. The van der Waals surface area contributed by atoms with E-state index in [1.807, 2.05) is 6.92 Å². The van der Waals surface area contributed by atoms with Gasteiger partial charge in [0, 0.05) is 12.2 Å². The summed E-state index contributed by atoms with van der Waals surface area (Å²) in [6.45, 7) is 6.91. The molecule has 0 atom stereocenters. The van der Waals surface area contributed by atoms with Gasteiger partial charge in [0.15, 0.2) is 0 Å². The quantitative estimate of drug-likeness (QED) is 0.838. The molecule has 1 aromatic rings. The van der Waals surface area contributed by atoms with Gasteiger partial charge >= 0.3 is 0 Å². The molecular weight excluding hydrogens is 311 g/mol. The van der Waals surface area contributed by atoms with Crippen LogP contribution in [0, 0.1) is 18.7 Å². The lowest BCUT2D eigenvalue weighted by atomic mass is 10.1. The fourth-order valence-electron chi connectivity index (χ4n) is 1.57. The molecule has 0 aromatic heterocycles. The Morgan fingerprint density at radius 3 is 2.74 bits per heavy atom. The highest BCUT2D eigenvalue weighted by Gasteiger charge is 2.07. The zero-order chi connectivity index (χ0) is 14.4. The number of aryl methyl sites for hydroxylation is 1. The Labute approximate surface area is 122 Å². The summed E-state index contributed by atoms with van der Waals surface area (Å²) < 4.78 is 13.8. The van der Waals surface area contributed by atoms with E-state index in [9.17, 15) is 9.18 Å². The van der Waals surface area contributed by atoms with Crippen molar-refractivity contribution < 1.29 is 9.18 Å². The lowest BCUT2D eigenvalue weighted by Crippen LogP contribution is -2.31. The van der Waals surface area contributed by atoms with Crippen LogP contribution in [0.3, 0.4) is 0 Å². The molecule has 0 saturated heterocycles. The molecule has 1 rings (SSSR count). The average molecular weight is 331 g/mol. The molecule has 0 aliphatic carbocycles. The third kappa shape index (κ3) is 5.59. The standard InChI is InChI=1S/C14H20BrFN2O/c1-9(2)4-5-17-14(19)8-18-13-7-12(16)11(15)6-10(13)3/h6-7,9,18H,4-5,8H2,1-3H3,(H,17,19). The highest BCUT2D eigenvalue weighted by Crippen LogP contribution is 2.23. The van der Waals surface area contributed by atoms with Gasteiger partial charge in [-0.15, -0.1) is 0 Å². The number of nitrogens with one attached hydrogen (secondary N) is 2. The topological polar surface area (TPSA) is 41.1 Å². The second-order valence-electron chi connectivity index (χ2n) is 4.97. The van der Waals surface area contributed by atoms with Gasteiger partial charge in [0.1, 0.15) is 5.82 Å². The summed E-state index contributed by atoms with van der Waals surface area (Å²) in [5, 5.41) is 5.77. The van der Waals surface area contributed by atoms with Gasteiger partial charge in [0.05, 0.1) is 11.0 Å². The van der Waals surface area contributed by atoms with Crippen molar-refractivity contribution in [2.45, 2.75) is 27.2 Å². The number of benzene rings is 1. The molecule has 2 N–H and O–H groups in total. The van der Waals surface area contributed by atoms with Crippen molar-refractivity contribution in [3.05, 3.63) is 28.0 Å². The van der Waals surface area contributed by atoms with Gasteiger partial charge in [0.2, 0.25) is 5.91 Å². The van der Waals surface area contributed by atoms with Crippen LogP contribution in [0.1, 0.15) is 25.8 Å². The second kappa shape index (κ2) is 7.48. The molecule has 5 heteroatoms. The van der Waals surface area contributed by atoms with Gasteiger partial charge in [-0.1, -0.05) is 13.8 Å². The Morgan fingerprint density at radius 2 is 2.11 bits per heavy atom. The maximum atomic E-state index is 13.4. The van der Waals surface area contributed by atoms with E-state index >= 15 is 0 Å². The van der Waals surface area contributed by atoms with Crippen molar-refractivity contribution >= 4 is 27.5 Å². The number of hydrogen-bond donors (Lipinski definition) is 2. The molecule has 0 spiro atoms. The molecule has 106 valence electrons. The van der Waals surface area contributed by atoms with Gasteiger partial charge in [0.25, 0.3) is 0 Å². The number of carbonyl (C=O) groups is 1. The Balaban J connectivity index is 2.44. The van der Waals surface area contributed by atoms with Crippen LogP contribution in [-0.4, -0.2) is 19.0 Å². The third-order valence-electron chi connectivity index (χ3n) is 2.75. The highest BCUT2D eigenvalue weighted by atomic mass is 79.9. The van der Waals surface area contributed by atoms with Crippen molar-refractivity contribution in [2.75, 3.05) is 18.4 Å². The Kier molecular flexibility index (Phi) is 6.28. The minimum Gasteiger partial charge on any atom is -0.376 e. The summed E-state index contributed by atoms with van der Waals surface area (Å²) in [6.07, 6.45) is 0.956. The fourth-order valence-corrected chi connectivity index (χ4v) is 2.03. The monoisotopic (exact) mass is 330 g/mol. The summed E-state index contributed by atoms with van der Waals surface area (Å²) in [5.41, 5.74) is 1.53. The van der Waals surface area contributed by atoms with E-state index in [0.29, 0.717) is 22.6 Å². The van der Waals surface area contributed by atoms with Crippen LogP contribution >= 0.6 is 15.9 Å². The first-order chi connectivity index (χ1) is 8.90. The summed E-state index contributed by atoms with van der Waals surface area (Å²) in [6, 6.07) is 3.08. The van der Waals surface area contributed by atoms with Crippen molar-refractivity contribution in [1.82, 2.24) is 5.32 Å². The Morgan fingerprint density at radius 1 is 1.42 bits per heavy atom. The molecule has 3 nitrogen and oxygen atoms in total. The van der Waals surface area contributed by atoms with Gasteiger partial charge < -0.3 is 10.6 Å². The van der Waals surface area contributed by atoms with Gasteiger partial charge in [-0.05, 0) is 52.9 Å². The van der Waals surface area contributed by atoms with E-state index in [1.54, 1.807) is 6.07 Å². The number of anilines is 1. The molecule has 0 unspecified atom stereocenters. The molecule has 0 bridgehead atoms. The summed E-state index contributed by atoms with van der Waals surface area (Å²) in [4.78, 5) is 11.6. The van der Waals surface area contributed by atoms with Crippen LogP contribution < -0.4 is 10.6 Å². The predicted molar refractivity (Wildman–Crippen MR) is 79.8 cm³/mol. The van der Waals surface area contributed by atoms with Crippen LogP contribution in [0.25, 0.3) is 0 Å². The highest BCUT2D eigenvalue weighted by molar-refractivity contribution is 9.10. The van der Waals surface area contributed by atoms with Crippen LogP contribution in [-0.2, 0) is 4.79 Å². The number of carbonyl (C=O) groups excluding carboxylic acids is 1. The first-order valence-corrected chi connectivity index (χ1v) is 7.15. The van der Waals surface area contributed by atoms with Crippen molar-refractivity contribution in [3.8, 4) is 0 Å². The van der Waals surface area contributed by atoms with E-state index in [1.165, 1.54) is 6.07 Å². The molecule has 0 radical (unpaired) electrons. The normalized spacial score (nSPS) is 10.6. The van der Waals surface area contributed by atoms with Gasteiger partial charge in [-0.25, -0.2) is 4.39 Å². The number of halogens is 2. The summed E-state index contributed by atoms with van der Waals surface area (Å²) in [7, 11) is 0. The maximum absolute atomic E-state index is 13.4. The fraction of sp³-hybridized carbons (Fsp3) is 0.500. The molecule has 0 aliphatic heterocycles. The molecule has 0 heterocycles. The SMILES string of the molecule is Cc1cc(Br)c(F)cc1NCC(=O)NCCC(C)C. The molecule has 0 saturated carbocycles. The molecular formula is C14H20BrFN2O. The van der Waals surface area contributed by atoms with E-state index in [0.717, 1.165) is 12.0 Å². The lowest BCUT2D eigenvalue weighted by Gasteiger charge is -2.11. The number of hydrogen-bond acceptors (Lipinski definition) is 2. The van der Waals surface area contributed by atoms with Crippen LogP contribution in [0.4, 0.5) is 10.1 Å². The first-order valence-electron chi connectivity index (χ1n) is 6.36. The largest absolute Gasteiger partial charge is 0.376 e. The van der Waals surface area contributed by atoms with Crippen LogP contribution in [0.5, 0.6) is 0 Å². The molecule has 1 amide bonds. The smallest absolute Gasteiger partial charge is 0.239 e. The van der Waals surface area contributed by atoms with Crippen molar-refractivity contribution in [1.29, 1.82) is 0 Å². The first kappa shape index (κ1) is 16.0. The minimum absolute atomic E-state index is 0.0802. The number of rotatable bonds is 6. The van der Waals surface area contributed by atoms with Crippen molar-refractivity contribution in [3.63, 3.8) is 0 Å². The van der Waals surface area contributed by atoms with E-state index in [4.69, 9.17) is 0 Å². The second-order valence-corrected chi connectivity index (χ2v) is 5.82. The third-order valence-corrected chi connectivity index (χ3v) is 3.36. The molecule has 0 fully saturated rings. The predicted octanol–water partition coefficient (Wildman–Crippen LogP) is 3.47. The lowest BCUT2D eigenvalue weighted by molar-refractivity contribution is -0.119. The van der Waals surface area contributed by atoms with Crippen LogP contribution in [0.15, 0.2) is 16.6 Å². The van der Waals surface area contributed by atoms with E-state index < -0.39 is 0 Å². The Hall–Kier alpha value is -1.10. The molecule has 0 aliphatic rings. The Bertz CT molecular complexity index is 449. The summed E-state index contributed by atoms with van der Waals surface area (Å²) in [5.74, 6) is 0.146. The molecule has 19 heavy (non-hydrogen) atoms. The maximum Gasteiger partial charge on any atom is 0.239 e. The van der Waals surface area contributed by atoms with Crippen LogP contribution in [0.2, 0.25) is 0 Å². The zero-order valence-corrected chi connectivity index (χ0v) is 13.1. The summed E-state index contributed by atoms with van der Waals surface area (Å²) >= 11 is 3.13. The zero-order valence-electron chi connectivity index (χ0n) is 11.5. The van der Waals surface area contributed by atoms with E-state index in [2.05, 4.69) is 40.4 Å². The number of amides is 1. The van der Waals surface area contributed by atoms with Gasteiger partial charge in [-0.2, -0.15) is 0 Å². The average Bonchev–Trinajstić information content (AvgIpc) is 2.31. The van der Waals surface area contributed by atoms with Gasteiger partial charge in [-0.3, -0.25) is 4.79 Å². The van der Waals surface area contributed by atoms with E-state index in [-0.39, 0.29) is 18.3 Å². The van der Waals surface area contributed by atoms with Crippen molar-refractivity contribution in [2.24, 2.45) is 5.92 Å².